The van der Waals surface area contributed by atoms with E-state index in [0.717, 1.165) is 37.9 Å². The Bertz CT molecular complexity index is 1070. The van der Waals surface area contributed by atoms with Crippen LogP contribution in [0.3, 0.4) is 0 Å². The minimum Gasteiger partial charge on any atom is -0.442 e. The summed E-state index contributed by atoms with van der Waals surface area (Å²) in [7, 11) is 0. The summed E-state index contributed by atoms with van der Waals surface area (Å²) in [5.41, 5.74) is 2.55. The summed E-state index contributed by atoms with van der Waals surface area (Å²) in [6, 6.07) is 12.0. The molecular formula is C26H30FN3O4S. The maximum Gasteiger partial charge on any atom is 0.414 e. The molecule has 7 nitrogen and oxygen atoms in total. The van der Waals surface area contributed by atoms with Crippen LogP contribution in [0, 0.1) is 5.82 Å². The summed E-state index contributed by atoms with van der Waals surface area (Å²) in [6.07, 6.45) is 2.26. The Balaban J connectivity index is 1.24. The molecule has 4 rings (SSSR count). The Hall–Kier alpha value is -3.07. The number of thiol groups is 1. The number of nitrogens with one attached hydrogen (secondary N) is 1. The van der Waals surface area contributed by atoms with E-state index in [1.54, 1.807) is 24.3 Å². The molecule has 2 aromatic carbocycles. The number of nitrogens with zero attached hydrogens (tertiary/aromatic N) is 2. The minimum atomic E-state index is -0.575. The Morgan fingerprint density at radius 1 is 1.06 bits per heavy atom. The lowest BCUT2D eigenvalue weighted by atomic mass is 10.0. The average Bonchev–Trinajstić information content (AvgIpc) is 3.26. The highest BCUT2D eigenvalue weighted by molar-refractivity contribution is 7.79. The molecule has 186 valence electrons. The first-order valence-corrected chi connectivity index (χ1v) is 12.6. The number of ketones is 1. The van der Waals surface area contributed by atoms with Crippen molar-refractivity contribution >= 4 is 41.8 Å². The number of Topliss-reactive ketones (excluding diaryl/α,β-unsaturated/α-hetero) is 1. The van der Waals surface area contributed by atoms with Crippen LogP contribution < -0.4 is 15.1 Å². The van der Waals surface area contributed by atoms with Gasteiger partial charge >= 0.3 is 6.09 Å². The third-order valence-corrected chi connectivity index (χ3v) is 6.74. The molecule has 0 bridgehead atoms. The number of carbonyl (C=O) groups excluding carboxylic acids is 3. The second-order valence-electron chi connectivity index (χ2n) is 8.88. The predicted octanol–water partition coefficient (Wildman–Crippen LogP) is 4.35. The first-order valence-electron chi connectivity index (χ1n) is 12.0. The number of rotatable bonds is 9. The maximum atomic E-state index is 14.8. The van der Waals surface area contributed by atoms with Gasteiger partial charge in [-0.25, -0.2) is 9.18 Å². The Morgan fingerprint density at radius 2 is 1.80 bits per heavy atom. The first-order chi connectivity index (χ1) is 16.9. The molecule has 35 heavy (non-hydrogen) atoms. The van der Waals surface area contributed by atoms with E-state index in [4.69, 9.17) is 4.74 Å². The number of carbonyl (C=O) groups is 3. The van der Waals surface area contributed by atoms with E-state index >= 15 is 0 Å². The lowest BCUT2D eigenvalue weighted by Gasteiger charge is -2.29. The second kappa shape index (κ2) is 11.6. The van der Waals surface area contributed by atoms with Gasteiger partial charge in [-0.15, -0.1) is 0 Å². The zero-order valence-electron chi connectivity index (χ0n) is 19.5. The lowest BCUT2D eigenvalue weighted by molar-refractivity contribution is -0.121. The minimum absolute atomic E-state index is 0.0424. The zero-order valence-corrected chi connectivity index (χ0v) is 20.4. The smallest absolute Gasteiger partial charge is 0.414 e. The van der Waals surface area contributed by atoms with Crippen LogP contribution in [0.4, 0.5) is 20.6 Å². The number of ether oxygens (including phenoxy) is 1. The van der Waals surface area contributed by atoms with Crippen LogP contribution in [0.5, 0.6) is 0 Å². The highest BCUT2D eigenvalue weighted by Gasteiger charge is 2.33. The van der Waals surface area contributed by atoms with Crippen molar-refractivity contribution in [3.05, 3.63) is 59.4 Å². The van der Waals surface area contributed by atoms with Crippen molar-refractivity contribution in [3.8, 4) is 0 Å². The number of anilines is 2. The van der Waals surface area contributed by atoms with E-state index in [0.29, 0.717) is 22.7 Å². The summed E-state index contributed by atoms with van der Waals surface area (Å²) in [4.78, 5) is 40.3. The number of halogens is 1. The van der Waals surface area contributed by atoms with Crippen LogP contribution in [-0.4, -0.2) is 50.1 Å². The van der Waals surface area contributed by atoms with Crippen molar-refractivity contribution in [2.24, 2.45) is 0 Å². The Labute approximate surface area is 210 Å². The van der Waals surface area contributed by atoms with Gasteiger partial charge in [-0.05, 0) is 43.0 Å². The molecule has 2 aliphatic heterocycles. The van der Waals surface area contributed by atoms with Gasteiger partial charge in [0.25, 0.3) is 0 Å². The van der Waals surface area contributed by atoms with Gasteiger partial charge in [-0.3, -0.25) is 14.5 Å². The molecule has 0 radical (unpaired) electrons. The van der Waals surface area contributed by atoms with Gasteiger partial charge in [-0.2, -0.15) is 12.6 Å². The van der Waals surface area contributed by atoms with E-state index in [2.05, 4.69) is 17.9 Å². The molecule has 2 saturated heterocycles. The van der Waals surface area contributed by atoms with Gasteiger partial charge in [-0.1, -0.05) is 24.3 Å². The monoisotopic (exact) mass is 499 g/mol. The third kappa shape index (κ3) is 6.33. The third-order valence-electron chi connectivity index (χ3n) is 6.38. The summed E-state index contributed by atoms with van der Waals surface area (Å²) in [5.74, 6) is -0.172. The molecule has 0 spiro atoms. The van der Waals surface area contributed by atoms with Crippen LogP contribution in [0.25, 0.3) is 0 Å². The molecule has 0 saturated carbocycles. The average molecular weight is 500 g/mol. The second-order valence-corrected chi connectivity index (χ2v) is 9.20. The molecule has 2 aromatic rings. The lowest BCUT2D eigenvalue weighted by Crippen LogP contribution is -2.34. The van der Waals surface area contributed by atoms with Gasteiger partial charge in [0.15, 0.2) is 5.78 Å². The van der Waals surface area contributed by atoms with E-state index in [9.17, 15) is 18.8 Å². The van der Waals surface area contributed by atoms with Crippen LogP contribution in [0.2, 0.25) is 0 Å². The highest BCUT2D eigenvalue weighted by Crippen LogP contribution is 2.29. The Kier molecular flexibility index (Phi) is 8.28. The quantitative estimate of drug-likeness (QED) is 0.396. The molecule has 2 heterocycles. The van der Waals surface area contributed by atoms with Crippen molar-refractivity contribution in [3.63, 3.8) is 0 Å². The van der Waals surface area contributed by atoms with Crippen molar-refractivity contribution in [1.82, 2.24) is 5.32 Å². The zero-order chi connectivity index (χ0) is 24.8. The fraction of sp³-hybridized carbons (Fsp3) is 0.423. The summed E-state index contributed by atoms with van der Waals surface area (Å²) in [5, 5.41) is 2.72. The molecule has 0 unspecified atom stereocenters. The molecule has 0 aromatic heterocycles. The largest absolute Gasteiger partial charge is 0.442 e. The molecule has 9 heteroatoms. The predicted molar refractivity (Wildman–Crippen MR) is 136 cm³/mol. The molecule has 2 fully saturated rings. The molecule has 1 atom stereocenters. The highest BCUT2D eigenvalue weighted by atomic mass is 32.1. The van der Waals surface area contributed by atoms with Gasteiger partial charge in [0.1, 0.15) is 11.9 Å². The van der Waals surface area contributed by atoms with Gasteiger partial charge in [0.05, 0.1) is 24.5 Å². The van der Waals surface area contributed by atoms with Crippen LogP contribution >= 0.6 is 12.6 Å². The van der Waals surface area contributed by atoms with Gasteiger partial charge < -0.3 is 15.0 Å². The molecule has 0 aliphatic carbocycles. The number of piperidine rings is 1. The number of cyclic esters (lactones) is 1. The summed E-state index contributed by atoms with van der Waals surface area (Å²) < 4.78 is 20.1. The van der Waals surface area contributed by atoms with Gasteiger partial charge in [0, 0.05) is 37.2 Å². The van der Waals surface area contributed by atoms with E-state index in [-0.39, 0.29) is 43.4 Å². The van der Waals surface area contributed by atoms with E-state index in [1.807, 2.05) is 17.0 Å². The van der Waals surface area contributed by atoms with Crippen LogP contribution in [-0.2, 0) is 15.3 Å². The van der Waals surface area contributed by atoms with Crippen LogP contribution in [0.15, 0.2) is 42.5 Å². The maximum absolute atomic E-state index is 14.8. The van der Waals surface area contributed by atoms with Crippen LogP contribution in [0.1, 0.15) is 48.0 Å². The molecule has 2 aliphatic rings. The molecular weight excluding hydrogens is 469 g/mol. The fourth-order valence-corrected chi connectivity index (χ4v) is 4.59. The number of hydrogen-bond donors (Lipinski definition) is 2. The van der Waals surface area contributed by atoms with Crippen molar-refractivity contribution < 1.29 is 23.5 Å². The number of hydrogen-bond acceptors (Lipinski definition) is 6. The number of benzene rings is 2. The van der Waals surface area contributed by atoms with Crippen molar-refractivity contribution in [2.75, 3.05) is 36.0 Å². The van der Waals surface area contributed by atoms with Gasteiger partial charge in [0.2, 0.25) is 5.91 Å². The van der Waals surface area contributed by atoms with E-state index in [1.165, 1.54) is 11.0 Å². The standard InChI is InChI=1S/C26H30FN3O4S/c27-22-14-20(8-9-23(22)29-12-2-1-3-13-29)30-16-21(34-26(30)33)15-28-25(32)11-10-24(31)19-6-4-18(17-35)5-7-19/h4-9,14,21,35H,1-3,10-13,15-17H2,(H,28,32)/t21-/m0/s1. The van der Waals surface area contributed by atoms with E-state index < -0.39 is 12.2 Å². The summed E-state index contributed by atoms with van der Waals surface area (Å²) in [6.45, 7) is 1.99. The first kappa shape index (κ1) is 25.0. The number of amides is 2. The molecule has 1 N–H and O–H groups in total. The Morgan fingerprint density at radius 3 is 2.49 bits per heavy atom. The molecule has 2 amide bonds. The normalized spacial score (nSPS) is 17.9. The SMILES string of the molecule is O=C(CCC(=O)c1ccc(CS)cc1)NC[C@H]1CN(c2ccc(N3CCCCC3)c(F)c2)C(=O)O1. The van der Waals surface area contributed by atoms with Crippen molar-refractivity contribution in [1.29, 1.82) is 0 Å². The van der Waals surface area contributed by atoms with Crippen molar-refractivity contribution in [2.45, 2.75) is 44.0 Å². The topological polar surface area (TPSA) is 79.0 Å². The fourth-order valence-electron chi connectivity index (χ4n) is 4.38. The summed E-state index contributed by atoms with van der Waals surface area (Å²) >= 11 is 4.19.